The number of aromatic nitrogens is 2. The molecular formula is C20H19N3O5. The molecule has 8 heteroatoms. The second-order valence-corrected chi connectivity index (χ2v) is 6.80. The molecule has 2 aliphatic rings. The summed E-state index contributed by atoms with van der Waals surface area (Å²) in [7, 11) is 3.98. The third-order valence-corrected chi connectivity index (χ3v) is 4.59. The molecule has 0 saturated heterocycles. The molecule has 0 radical (unpaired) electrons. The molecule has 3 aromatic rings. The maximum Gasteiger partial charge on any atom is 0.317 e. The lowest BCUT2D eigenvalue weighted by atomic mass is 10.1. The average Bonchev–Trinajstić information content (AvgIpc) is 3.33. The van der Waals surface area contributed by atoms with Gasteiger partial charge in [0, 0.05) is 23.6 Å². The molecule has 0 saturated carbocycles. The molecule has 28 heavy (non-hydrogen) atoms. The van der Waals surface area contributed by atoms with Gasteiger partial charge in [0.1, 0.15) is 6.61 Å². The van der Waals surface area contributed by atoms with Crippen LogP contribution < -0.4 is 23.7 Å². The Bertz CT molecular complexity index is 1050. The van der Waals surface area contributed by atoms with Crippen molar-refractivity contribution in [3.8, 4) is 40.3 Å². The molecule has 1 aromatic heterocycles. The van der Waals surface area contributed by atoms with E-state index >= 15 is 0 Å². The van der Waals surface area contributed by atoms with Gasteiger partial charge in [0.2, 0.25) is 13.6 Å². The lowest BCUT2D eigenvalue weighted by molar-refractivity contribution is 0.173. The second kappa shape index (κ2) is 6.72. The molecule has 8 nitrogen and oxygen atoms in total. The van der Waals surface area contributed by atoms with E-state index in [1.807, 2.05) is 49.3 Å². The van der Waals surface area contributed by atoms with Crippen LogP contribution >= 0.6 is 0 Å². The molecule has 144 valence electrons. The van der Waals surface area contributed by atoms with E-state index in [0.29, 0.717) is 29.9 Å². The van der Waals surface area contributed by atoms with E-state index in [4.69, 9.17) is 23.7 Å². The molecule has 3 heterocycles. The predicted octanol–water partition coefficient (Wildman–Crippen LogP) is 2.69. The summed E-state index contributed by atoms with van der Waals surface area (Å²) in [5, 5.41) is 0.850. The summed E-state index contributed by atoms with van der Waals surface area (Å²) in [6.07, 6.45) is 0. The first kappa shape index (κ1) is 16.9. The van der Waals surface area contributed by atoms with Gasteiger partial charge in [-0.3, -0.25) is 0 Å². The average molecular weight is 381 g/mol. The van der Waals surface area contributed by atoms with Gasteiger partial charge < -0.3 is 28.6 Å². The maximum atomic E-state index is 5.81. The van der Waals surface area contributed by atoms with Gasteiger partial charge in [-0.25, -0.2) is 0 Å². The van der Waals surface area contributed by atoms with E-state index in [2.05, 4.69) is 9.97 Å². The van der Waals surface area contributed by atoms with Gasteiger partial charge in [0.25, 0.3) is 0 Å². The van der Waals surface area contributed by atoms with E-state index in [-0.39, 0.29) is 13.6 Å². The lowest BCUT2D eigenvalue weighted by Gasteiger charge is -2.13. The van der Waals surface area contributed by atoms with Crippen LogP contribution in [0.15, 0.2) is 30.3 Å². The maximum absolute atomic E-state index is 5.81. The van der Waals surface area contributed by atoms with Crippen molar-refractivity contribution in [2.75, 3.05) is 40.8 Å². The molecule has 5 rings (SSSR count). The van der Waals surface area contributed by atoms with Gasteiger partial charge >= 0.3 is 6.01 Å². The Hall–Kier alpha value is -3.26. The molecular weight excluding hydrogens is 362 g/mol. The van der Waals surface area contributed by atoms with E-state index in [1.54, 1.807) is 0 Å². The van der Waals surface area contributed by atoms with Crippen LogP contribution in [-0.4, -0.2) is 55.7 Å². The Balaban J connectivity index is 1.62. The van der Waals surface area contributed by atoms with Crippen LogP contribution in [0, 0.1) is 0 Å². The minimum atomic E-state index is 0.199. The van der Waals surface area contributed by atoms with Gasteiger partial charge in [-0.15, -0.1) is 0 Å². The number of fused-ring (bicyclic) bond motifs is 3. The zero-order valence-corrected chi connectivity index (χ0v) is 15.6. The zero-order valence-electron chi connectivity index (χ0n) is 15.6. The van der Waals surface area contributed by atoms with Crippen molar-refractivity contribution in [2.24, 2.45) is 0 Å². The van der Waals surface area contributed by atoms with Crippen LogP contribution in [0.2, 0.25) is 0 Å². The van der Waals surface area contributed by atoms with Gasteiger partial charge in [-0.2, -0.15) is 9.97 Å². The third kappa shape index (κ3) is 3.01. The Morgan fingerprint density at radius 2 is 1.61 bits per heavy atom. The van der Waals surface area contributed by atoms with Crippen molar-refractivity contribution in [3.63, 3.8) is 0 Å². The van der Waals surface area contributed by atoms with Crippen LogP contribution in [0.5, 0.6) is 29.0 Å². The van der Waals surface area contributed by atoms with Crippen LogP contribution in [-0.2, 0) is 0 Å². The molecule has 0 bridgehead atoms. The summed E-state index contributed by atoms with van der Waals surface area (Å²) in [6, 6.07) is 9.82. The fourth-order valence-corrected chi connectivity index (χ4v) is 3.15. The number of hydrogen-bond donors (Lipinski definition) is 0. The molecule has 0 fully saturated rings. The van der Waals surface area contributed by atoms with Gasteiger partial charge in [0.15, 0.2) is 23.0 Å². The van der Waals surface area contributed by atoms with Gasteiger partial charge in [0.05, 0.1) is 11.2 Å². The normalized spacial score (nSPS) is 14.1. The van der Waals surface area contributed by atoms with Crippen LogP contribution in [0.4, 0.5) is 0 Å². The molecule has 0 aliphatic carbocycles. The number of nitrogens with zero attached hydrogens (tertiary/aromatic N) is 3. The minimum absolute atomic E-state index is 0.199. The molecule has 0 atom stereocenters. The second-order valence-electron chi connectivity index (χ2n) is 6.80. The highest BCUT2D eigenvalue weighted by atomic mass is 16.7. The van der Waals surface area contributed by atoms with Crippen molar-refractivity contribution in [1.82, 2.24) is 14.9 Å². The fourth-order valence-electron chi connectivity index (χ4n) is 3.15. The van der Waals surface area contributed by atoms with E-state index in [9.17, 15) is 0 Å². The van der Waals surface area contributed by atoms with E-state index < -0.39 is 0 Å². The first-order valence-corrected chi connectivity index (χ1v) is 8.96. The summed E-state index contributed by atoms with van der Waals surface area (Å²) in [5.74, 6) is 2.77. The Morgan fingerprint density at radius 3 is 2.39 bits per heavy atom. The molecule has 2 aromatic carbocycles. The highest BCUT2D eigenvalue weighted by molar-refractivity contribution is 5.95. The summed E-state index contributed by atoms with van der Waals surface area (Å²) >= 11 is 0. The van der Waals surface area contributed by atoms with E-state index in [1.165, 1.54) is 0 Å². The number of benzene rings is 2. The predicted molar refractivity (Wildman–Crippen MR) is 101 cm³/mol. The molecule has 0 unspecified atom stereocenters. The van der Waals surface area contributed by atoms with Gasteiger partial charge in [-0.05, 0) is 38.4 Å². The first-order chi connectivity index (χ1) is 13.7. The summed E-state index contributed by atoms with van der Waals surface area (Å²) in [6.45, 7) is 1.68. The zero-order chi connectivity index (χ0) is 19.1. The molecule has 0 spiro atoms. The quantitative estimate of drug-likeness (QED) is 0.668. The Morgan fingerprint density at radius 1 is 0.893 bits per heavy atom. The van der Waals surface area contributed by atoms with Crippen LogP contribution in [0.25, 0.3) is 22.2 Å². The first-order valence-electron chi connectivity index (χ1n) is 8.96. The molecule has 0 N–H and O–H groups in total. The van der Waals surface area contributed by atoms with Crippen LogP contribution in [0.3, 0.4) is 0 Å². The van der Waals surface area contributed by atoms with Gasteiger partial charge in [-0.1, -0.05) is 0 Å². The summed E-state index contributed by atoms with van der Waals surface area (Å²) in [4.78, 5) is 11.3. The number of rotatable bonds is 5. The number of likely N-dealkylation sites (N-methyl/N-ethyl adjacent to an activating group) is 1. The molecule has 2 aliphatic heterocycles. The Kier molecular flexibility index (Phi) is 4.05. The van der Waals surface area contributed by atoms with Crippen LogP contribution in [0.1, 0.15) is 0 Å². The van der Waals surface area contributed by atoms with Crippen molar-refractivity contribution < 1.29 is 23.7 Å². The smallest absolute Gasteiger partial charge is 0.317 e. The van der Waals surface area contributed by atoms with Crippen molar-refractivity contribution in [2.45, 2.75) is 0 Å². The SMILES string of the molecule is CN(C)CCOc1nc(-c2ccc3c(c2)OCO3)c2cc3c(cc2n1)OCO3. The number of hydrogen-bond acceptors (Lipinski definition) is 8. The number of ether oxygens (including phenoxy) is 5. The summed E-state index contributed by atoms with van der Waals surface area (Å²) in [5.41, 5.74) is 2.35. The van der Waals surface area contributed by atoms with Crippen molar-refractivity contribution >= 4 is 10.9 Å². The lowest BCUT2D eigenvalue weighted by Crippen LogP contribution is -2.20. The largest absolute Gasteiger partial charge is 0.462 e. The standard InChI is InChI=1S/C20H19N3O5/c1-23(2)5-6-24-20-21-14-9-18-17(27-11-28-18)8-13(14)19(22-20)12-3-4-15-16(7-12)26-10-25-15/h3-4,7-9H,5-6,10-11H2,1-2H3. The Labute approximate surface area is 161 Å². The van der Waals surface area contributed by atoms with Crippen molar-refractivity contribution in [1.29, 1.82) is 0 Å². The minimum Gasteiger partial charge on any atom is -0.462 e. The topological polar surface area (TPSA) is 75.2 Å². The highest BCUT2D eigenvalue weighted by Gasteiger charge is 2.21. The van der Waals surface area contributed by atoms with E-state index in [0.717, 1.165) is 34.5 Å². The fraction of sp³-hybridized carbons (Fsp3) is 0.300. The monoisotopic (exact) mass is 381 g/mol. The van der Waals surface area contributed by atoms with Crippen molar-refractivity contribution in [3.05, 3.63) is 30.3 Å². The molecule has 0 amide bonds. The third-order valence-electron chi connectivity index (χ3n) is 4.59. The summed E-state index contributed by atoms with van der Waals surface area (Å²) < 4.78 is 27.8. The highest BCUT2D eigenvalue weighted by Crippen LogP contribution is 2.41.